The third-order valence-electron chi connectivity index (χ3n) is 4.18. The highest BCUT2D eigenvalue weighted by atomic mass is 16.5. The maximum absolute atomic E-state index is 12.7. The number of rotatable bonds is 3. The lowest BCUT2D eigenvalue weighted by molar-refractivity contribution is -0.144. The molecule has 0 spiro atoms. The molecule has 2 aromatic carbocycles. The van der Waals surface area contributed by atoms with Crippen LogP contribution in [0.3, 0.4) is 0 Å². The first-order chi connectivity index (χ1) is 10.6. The van der Waals surface area contributed by atoms with Crippen LogP contribution in [-0.2, 0) is 9.53 Å². The Kier molecular flexibility index (Phi) is 3.45. The Morgan fingerprint density at radius 2 is 1.55 bits per heavy atom. The topological polar surface area (TPSA) is 46.4 Å². The van der Waals surface area contributed by atoms with Gasteiger partial charge in [0.15, 0.2) is 5.54 Å². The van der Waals surface area contributed by atoms with Gasteiger partial charge >= 0.3 is 5.97 Å². The molecular weight excluding hydrogens is 278 g/mol. The fourth-order valence-corrected chi connectivity index (χ4v) is 2.96. The molecule has 1 aliphatic heterocycles. The standard InChI is InChI=1S/C18H17NO3/c1-18(17(21)22-2)15(13-9-5-3-6-10-13)19(18)16(20)14-11-7-4-8-12-14/h3-12,15H,1-2H3/t15-,18-,19?/m0/s1. The number of methoxy groups -OCH3 is 1. The predicted octanol–water partition coefficient (Wildman–Crippen LogP) is 2.82. The van der Waals surface area contributed by atoms with E-state index >= 15 is 0 Å². The SMILES string of the molecule is COC(=O)[C@]1(C)[C@H](c2ccccc2)N1C(=O)c1ccccc1. The van der Waals surface area contributed by atoms with Gasteiger partial charge in [-0.05, 0) is 24.6 Å². The average Bonchev–Trinajstić information content (AvgIpc) is 3.22. The molecule has 0 radical (unpaired) electrons. The zero-order chi connectivity index (χ0) is 15.7. The van der Waals surface area contributed by atoms with Gasteiger partial charge in [-0.15, -0.1) is 0 Å². The third-order valence-corrected chi connectivity index (χ3v) is 4.18. The van der Waals surface area contributed by atoms with Crippen molar-refractivity contribution < 1.29 is 14.3 Å². The van der Waals surface area contributed by atoms with Crippen molar-refractivity contribution in [3.05, 3.63) is 71.8 Å². The van der Waals surface area contributed by atoms with Gasteiger partial charge in [-0.1, -0.05) is 48.5 Å². The molecule has 0 saturated carbocycles. The van der Waals surface area contributed by atoms with Crippen molar-refractivity contribution in [3.8, 4) is 0 Å². The van der Waals surface area contributed by atoms with Crippen LogP contribution < -0.4 is 0 Å². The van der Waals surface area contributed by atoms with Crippen LogP contribution in [0, 0.1) is 0 Å². The van der Waals surface area contributed by atoms with Crippen molar-refractivity contribution in [2.45, 2.75) is 18.5 Å². The van der Waals surface area contributed by atoms with E-state index in [2.05, 4.69) is 0 Å². The average molecular weight is 295 g/mol. The van der Waals surface area contributed by atoms with Gasteiger partial charge in [0.2, 0.25) is 0 Å². The maximum Gasteiger partial charge on any atom is 0.334 e. The van der Waals surface area contributed by atoms with Crippen LogP contribution >= 0.6 is 0 Å². The van der Waals surface area contributed by atoms with E-state index in [9.17, 15) is 9.59 Å². The third kappa shape index (κ3) is 2.08. The minimum absolute atomic E-state index is 0.164. The van der Waals surface area contributed by atoms with Gasteiger partial charge in [0.1, 0.15) is 0 Å². The van der Waals surface area contributed by atoms with Crippen molar-refractivity contribution in [2.24, 2.45) is 0 Å². The van der Waals surface area contributed by atoms with E-state index in [1.54, 1.807) is 24.0 Å². The lowest BCUT2D eigenvalue weighted by atomic mass is 10.0. The molecule has 1 fully saturated rings. The normalized spacial score (nSPS) is 23.0. The lowest BCUT2D eigenvalue weighted by Gasteiger charge is -2.09. The van der Waals surface area contributed by atoms with E-state index in [0.717, 1.165) is 5.56 Å². The molecular formula is C18H17NO3. The Balaban J connectivity index is 1.98. The molecule has 2 aromatic rings. The molecule has 0 N–H and O–H groups in total. The highest BCUT2D eigenvalue weighted by Gasteiger charge is 2.68. The fraction of sp³-hybridized carbons (Fsp3) is 0.222. The van der Waals surface area contributed by atoms with Gasteiger partial charge in [0.05, 0.1) is 13.2 Å². The molecule has 0 aromatic heterocycles. The smallest absolute Gasteiger partial charge is 0.334 e. The van der Waals surface area contributed by atoms with Gasteiger partial charge in [-0.25, -0.2) is 4.79 Å². The summed E-state index contributed by atoms with van der Waals surface area (Å²) in [7, 11) is 1.35. The van der Waals surface area contributed by atoms with Crippen LogP contribution in [0.25, 0.3) is 0 Å². The van der Waals surface area contributed by atoms with Crippen LogP contribution in [0.4, 0.5) is 0 Å². The fourth-order valence-electron chi connectivity index (χ4n) is 2.96. The molecule has 22 heavy (non-hydrogen) atoms. The second kappa shape index (κ2) is 5.30. The molecule has 1 heterocycles. The van der Waals surface area contributed by atoms with Crippen molar-refractivity contribution in [3.63, 3.8) is 0 Å². The van der Waals surface area contributed by atoms with E-state index in [1.165, 1.54) is 7.11 Å². The van der Waals surface area contributed by atoms with E-state index < -0.39 is 11.5 Å². The zero-order valence-corrected chi connectivity index (χ0v) is 12.5. The molecule has 3 rings (SSSR count). The number of benzene rings is 2. The van der Waals surface area contributed by atoms with Crippen molar-refractivity contribution in [1.82, 2.24) is 4.90 Å². The summed E-state index contributed by atoms with van der Waals surface area (Å²) in [6.45, 7) is 1.75. The number of carbonyl (C=O) groups excluding carboxylic acids is 2. The summed E-state index contributed by atoms with van der Waals surface area (Å²) in [5.74, 6) is -0.562. The number of esters is 1. The van der Waals surface area contributed by atoms with Gasteiger partial charge in [0.25, 0.3) is 5.91 Å². The largest absolute Gasteiger partial charge is 0.467 e. The summed E-state index contributed by atoms with van der Waals surface area (Å²) < 4.78 is 4.91. The molecule has 0 unspecified atom stereocenters. The molecule has 0 bridgehead atoms. The predicted molar refractivity (Wildman–Crippen MR) is 82.2 cm³/mol. The van der Waals surface area contributed by atoms with Crippen LogP contribution in [0.15, 0.2) is 60.7 Å². The molecule has 1 amide bonds. The van der Waals surface area contributed by atoms with Crippen molar-refractivity contribution in [1.29, 1.82) is 0 Å². The number of amides is 1. The Bertz CT molecular complexity index is 699. The number of carbonyl (C=O) groups is 2. The minimum atomic E-state index is -0.955. The van der Waals surface area contributed by atoms with Gasteiger partial charge in [-0.3, -0.25) is 4.79 Å². The van der Waals surface area contributed by atoms with Gasteiger partial charge in [0, 0.05) is 5.56 Å². The Morgan fingerprint density at radius 3 is 2.09 bits per heavy atom. The summed E-state index contributed by atoms with van der Waals surface area (Å²) in [6, 6.07) is 18.2. The molecule has 4 nitrogen and oxygen atoms in total. The van der Waals surface area contributed by atoms with E-state index in [0.29, 0.717) is 5.56 Å². The number of ether oxygens (including phenoxy) is 1. The molecule has 4 heteroatoms. The van der Waals surface area contributed by atoms with E-state index in [1.807, 2.05) is 48.5 Å². The molecule has 1 saturated heterocycles. The first-order valence-electron chi connectivity index (χ1n) is 7.12. The highest BCUT2D eigenvalue weighted by molar-refractivity contribution is 6.03. The maximum atomic E-state index is 12.7. The summed E-state index contributed by atoms with van der Waals surface area (Å²) in [4.78, 5) is 26.5. The molecule has 112 valence electrons. The summed E-state index contributed by atoms with van der Waals surface area (Å²) in [5.41, 5.74) is 0.541. The first-order valence-corrected chi connectivity index (χ1v) is 7.12. The first kappa shape index (κ1) is 14.3. The number of nitrogens with zero attached hydrogens (tertiary/aromatic N) is 1. The van der Waals surface area contributed by atoms with E-state index in [-0.39, 0.29) is 11.9 Å². The summed E-state index contributed by atoms with van der Waals surface area (Å²) in [6.07, 6.45) is 0. The zero-order valence-electron chi connectivity index (χ0n) is 12.5. The Morgan fingerprint density at radius 1 is 1.00 bits per heavy atom. The minimum Gasteiger partial charge on any atom is -0.467 e. The van der Waals surface area contributed by atoms with Gasteiger partial charge in [-0.2, -0.15) is 0 Å². The summed E-state index contributed by atoms with van der Waals surface area (Å²) in [5, 5.41) is 0. The second-order valence-electron chi connectivity index (χ2n) is 5.49. The Hall–Kier alpha value is -2.62. The lowest BCUT2D eigenvalue weighted by Crippen LogP contribution is -2.30. The second-order valence-corrected chi connectivity index (χ2v) is 5.49. The van der Waals surface area contributed by atoms with Crippen LogP contribution in [0.2, 0.25) is 0 Å². The number of hydrogen-bond acceptors (Lipinski definition) is 3. The van der Waals surface area contributed by atoms with E-state index in [4.69, 9.17) is 4.74 Å². The van der Waals surface area contributed by atoms with Crippen LogP contribution in [0.5, 0.6) is 0 Å². The molecule has 0 aliphatic carbocycles. The molecule has 1 aliphatic rings. The highest BCUT2D eigenvalue weighted by Crippen LogP contribution is 2.54. The van der Waals surface area contributed by atoms with Crippen molar-refractivity contribution in [2.75, 3.05) is 7.11 Å². The van der Waals surface area contributed by atoms with Crippen molar-refractivity contribution >= 4 is 11.9 Å². The number of hydrogen-bond donors (Lipinski definition) is 0. The molecule has 2 atom stereocenters. The monoisotopic (exact) mass is 295 g/mol. The van der Waals surface area contributed by atoms with Gasteiger partial charge < -0.3 is 9.64 Å². The Labute approximate surface area is 129 Å². The summed E-state index contributed by atoms with van der Waals surface area (Å²) >= 11 is 0. The van der Waals surface area contributed by atoms with Crippen LogP contribution in [-0.4, -0.2) is 29.4 Å². The van der Waals surface area contributed by atoms with Crippen LogP contribution in [0.1, 0.15) is 28.9 Å². The quantitative estimate of drug-likeness (QED) is 0.646.